The van der Waals surface area contributed by atoms with Crippen molar-refractivity contribution in [3.8, 4) is 6.07 Å². The smallest absolute Gasteiger partial charge is 0.316 e. The van der Waals surface area contributed by atoms with Gasteiger partial charge in [0.2, 0.25) is 0 Å². The van der Waals surface area contributed by atoms with E-state index >= 15 is 0 Å². The van der Waals surface area contributed by atoms with E-state index in [1.807, 2.05) is 13.8 Å². The molecule has 5 nitrogen and oxygen atoms in total. The molecule has 2 amide bonds. The van der Waals surface area contributed by atoms with Crippen LogP contribution >= 0.6 is 0 Å². The Labute approximate surface area is 189 Å². The molecule has 0 N–H and O–H groups in total. The van der Waals surface area contributed by atoms with Crippen LogP contribution in [-0.2, 0) is 11.0 Å². The van der Waals surface area contributed by atoms with Crippen LogP contribution in [0.5, 0.6) is 0 Å². The van der Waals surface area contributed by atoms with Gasteiger partial charge in [0.05, 0.1) is 28.9 Å². The monoisotopic (exact) mass is 453 g/mol. The third kappa shape index (κ3) is 3.78. The van der Waals surface area contributed by atoms with E-state index in [1.54, 1.807) is 25.2 Å². The number of rotatable bonds is 3. The molecule has 2 aromatic rings. The van der Waals surface area contributed by atoms with E-state index < -0.39 is 23.8 Å². The summed E-state index contributed by atoms with van der Waals surface area (Å²) in [4.78, 5) is 29.1. The van der Waals surface area contributed by atoms with Gasteiger partial charge in [-0.05, 0) is 53.8 Å². The first-order chi connectivity index (χ1) is 15.5. The largest absolute Gasteiger partial charge is 0.416 e. The number of benzene rings is 2. The summed E-state index contributed by atoms with van der Waals surface area (Å²) in [5.41, 5.74) is 2.13. The van der Waals surface area contributed by atoms with Crippen LogP contribution < -0.4 is 4.90 Å². The number of amides is 2. The zero-order chi connectivity index (χ0) is 24.1. The van der Waals surface area contributed by atoms with Gasteiger partial charge >= 0.3 is 12.2 Å². The van der Waals surface area contributed by atoms with Crippen LogP contribution in [-0.4, -0.2) is 23.8 Å². The molecule has 0 spiro atoms. The summed E-state index contributed by atoms with van der Waals surface area (Å²) >= 11 is 0. The summed E-state index contributed by atoms with van der Waals surface area (Å²) in [6, 6.07) is 10.7. The molecule has 1 atom stereocenters. The topological polar surface area (TPSA) is 64.4 Å². The predicted molar refractivity (Wildman–Crippen MR) is 116 cm³/mol. The Kier molecular flexibility index (Phi) is 5.52. The molecule has 0 saturated heterocycles. The summed E-state index contributed by atoms with van der Waals surface area (Å²) in [5, 5.41) is 9.31. The number of nitrogens with zero attached hydrogens (tertiary/aromatic N) is 3. The molecule has 2 aliphatic rings. The first-order valence-corrected chi connectivity index (χ1v) is 10.6. The fourth-order valence-electron chi connectivity index (χ4n) is 4.63. The quantitative estimate of drug-likeness (QED) is 0.579. The minimum Gasteiger partial charge on any atom is -0.316 e. The van der Waals surface area contributed by atoms with E-state index in [-0.39, 0.29) is 30.2 Å². The molecule has 0 fully saturated rings. The van der Waals surface area contributed by atoms with E-state index in [4.69, 9.17) is 0 Å². The average molecular weight is 453 g/mol. The molecule has 1 heterocycles. The predicted octanol–water partition coefficient (Wildman–Crippen LogP) is 5.93. The van der Waals surface area contributed by atoms with Crippen molar-refractivity contribution in [3.05, 3.63) is 76.0 Å². The number of anilines is 1. The van der Waals surface area contributed by atoms with Gasteiger partial charge in [-0.2, -0.15) is 18.4 Å². The Bertz CT molecular complexity index is 1220. The molecule has 33 heavy (non-hydrogen) atoms. The summed E-state index contributed by atoms with van der Waals surface area (Å²) < 4.78 is 39.9. The minimum atomic E-state index is -4.55. The number of nitriles is 1. The standard InChI is InChI=1S/C25H22F3N3O2/c1-14(2)19-11-15(13-29)7-8-18(19)23-22-20(9-10-21(22)32)31(24(33)30(23)3)17-6-4-5-16(12-17)25(26,27)28/h4-8,11-12,14,23H,9-10H2,1-3H3. The molecule has 4 rings (SSSR count). The Morgan fingerprint density at radius 2 is 1.82 bits per heavy atom. The van der Waals surface area contributed by atoms with Crippen molar-refractivity contribution < 1.29 is 22.8 Å². The number of hydrogen-bond acceptors (Lipinski definition) is 3. The lowest BCUT2D eigenvalue weighted by Gasteiger charge is -2.41. The van der Waals surface area contributed by atoms with Crippen molar-refractivity contribution in [2.24, 2.45) is 0 Å². The number of hydrogen-bond donors (Lipinski definition) is 0. The van der Waals surface area contributed by atoms with Crippen LogP contribution in [0.1, 0.15) is 60.9 Å². The second kappa shape index (κ2) is 8.07. The van der Waals surface area contributed by atoms with Crippen molar-refractivity contribution in [2.45, 2.75) is 44.8 Å². The molecule has 1 unspecified atom stereocenters. The first kappa shape index (κ1) is 22.6. The Balaban J connectivity index is 1.91. The van der Waals surface area contributed by atoms with E-state index in [1.165, 1.54) is 21.9 Å². The maximum absolute atomic E-state index is 13.5. The van der Waals surface area contributed by atoms with Crippen LogP contribution in [0.3, 0.4) is 0 Å². The lowest BCUT2D eigenvalue weighted by atomic mass is 9.85. The van der Waals surface area contributed by atoms with Crippen molar-refractivity contribution in [1.82, 2.24) is 4.90 Å². The lowest BCUT2D eigenvalue weighted by molar-refractivity contribution is -0.137. The van der Waals surface area contributed by atoms with Crippen LogP contribution in [0.25, 0.3) is 0 Å². The summed E-state index contributed by atoms with van der Waals surface area (Å²) in [6.07, 6.45) is -4.10. The van der Waals surface area contributed by atoms with Gasteiger partial charge in [-0.3, -0.25) is 9.69 Å². The SMILES string of the molecule is CC(C)c1cc(C#N)ccc1C1C2=C(CCC2=O)N(c2cccc(C(F)(F)F)c2)C(=O)N1C. The highest BCUT2D eigenvalue weighted by molar-refractivity contribution is 6.08. The molecule has 1 aliphatic carbocycles. The maximum atomic E-state index is 13.5. The van der Waals surface area contributed by atoms with Gasteiger partial charge in [-0.25, -0.2) is 4.79 Å². The molecule has 8 heteroatoms. The van der Waals surface area contributed by atoms with E-state index in [2.05, 4.69) is 6.07 Å². The Hall–Kier alpha value is -3.60. The van der Waals surface area contributed by atoms with Crippen LogP contribution in [0.2, 0.25) is 0 Å². The van der Waals surface area contributed by atoms with Gasteiger partial charge in [0, 0.05) is 24.7 Å². The Morgan fingerprint density at radius 3 is 2.45 bits per heavy atom. The Morgan fingerprint density at radius 1 is 1.09 bits per heavy atom. The fraction of sp³-hybridized carbons (Fsp3) is 0.320. The molecular weight excluding hydrogens is 431 g/mol. The number of allylic oxidation sites excluding steroid dienone is 1. The molecule has 0 radical (unpaired) electrons. The number of ketones is 1. The number of Topliss-reactive ketones (excluding diaryl/α,β-unsaturated/α-hetero) is 1. The van der Waals surface area contributed by atoms with Gasteiger partial charge < -0.3 is 4.90 Å². The molecule has 0 aromatic heterocycles. The van der Waals surface area contributed by atoms with Crippen molar-refractivity contribution in [3.63, 3.8) is 0 Å². The summed E-state index contributed by atoms with van der Waals surface area (Å²) in [7, 11) is 1.55. The van der Waals surface area contributed by atoms with E-state index in [0.717, 1.165) is 23.3 Å². The second-order valence-electron chi connectivity index (χ2n) is 8.57. The fourth-order valence-corrected chi connectivity index (χ4v) is 4.63. The number of likely N-dealkylation sites (N-methyl/N-ethyl adjacent to an activating group) is 1. The molecule has 170 valence electrons. The normalized spacial score (nSPS) is 18.8. The minimum absolute atomic E-state index is 0.0267. The van der Waals surface area contributed by atoms with Crippen molar-refractivity contribution >= 4 is 17.5 Å². The molecular formula is C25H22F3N3O2. The number of carbonyl (C=O) groups excluding carboxylic acids is 2. The average Bonchev–Trinajstić information content (AvgIpc) is 3.14. The molecule has 2 aromatic carbocycles. The van der Waals surface area contributed by atoms with Gasteiger partial charge in [0.1, 0.15) is 0 Å². The van der Waals surface area contributed by atoms with Crippen molar-refractivity contribution in [2.75, 3.05) is 11.9 Å². The highest BCUT2D eigenvalue weighted by Crippen LogP contribution is 2.46. The van der Waals surface area contributed by atoms with E-state index in [0.29, 0.717) is 16.8 Å². The van der Waals surface area contributed by atoms with Crippen molar-refractivity contribution in [1.29, 1.82) is 5.26 Å². The molecule has 1 aliphatic heterocycles. The summed E-state index contributed by atoms with van der Waals surface area (Å²) in [6.45, 7) is 3.93. The number of halogens is 3. The van der Waals surface area contributed by atoms with Crippen LogP contribution in [0, 0.1) is 11.3 Å². The summed E-state index contributed by atoms with van der Waals surface area (Å²) in [5.74, 6) is -0.107. The van der Waals surface area contributed by atoms with Gasteiger partial charge in [-0.1, -0.05) is 26.0 Å². The third-order valence-electron chi connectivity index (χ3n) is 6.19. The number of alkyl halides is 3. The second-order valence-corrected chi connectivity index (χ2v) is 8.57. The van der Waals surface area contributed by atoms with Gasteiger partial charge in [-0.15, -0.1) is 0 Å². The zero-order valence-electron chi connectivity index (χ0n) is 18.4. The number of carbonyl (C=O) groups is 2. The first-order valence-electron chi connectivity index (χ1n) is 10.6. The maximum Gasteiger partial charge on any atom is 0.416 e. The van der Waals surface area contributed by atoms with Crippen LogP contribution in [0.4, 0.5) is 23.7 Å². The third-order valence-corrected chi connectivity index (χ3v) is 6.19. The lowest BCUT2D eigenvalue weighted by Crippen LogP contribution is -2.48. The zero-order valence-corrected chi connectivity index (χ0v) is 18.4. The highest BCUT2D eigenvalue weighted by atomic mass is 19.4. The molecule has 0 saturated carbocycles. The highest BCUT2D eigenvalue weighted by Gasteiger charge is 2.45. The van der Waals surface area contributed by atoms with Crippen LogP contribution in [0.15, 0.2) is 53.7 Å². The van der Waals surface area contributed by atoms with Gasteiger partial charge in [0.25, 0.3) is 0 Å². The van der Waals surface area contributed by atoms with E-state index in [9.17, 15) is 28.0 Å². The van der Waals surface area contributed by atoms with Gasteiger partial charge in [0.15, 0.2) is 5.78 Å². The molecule has 0 bridgehead atoms. The number of urea groups is 1.